The molecule has 0 bridgehead atoms. The Bertz CT molecular complexity index is 961. The summed E-state index contributed by atoms with van der Waals surface area (Å²) in [5, 5.41) is 3.49. The number of ether oxygens (including phenoxy) is 6. The summed E-state index contributed by atoms with van der Waals surface area (Å²) in [6, 6.07) is 6.74. The van der Waals surface area contributed by atoms with E-state index in [0.29, 0.717) is 12.2 Å². The van der Waals surface area contributed by atoms with Crippen molar-refractivity contribution >= 4 is 23.9 Å². The molecule has 1 heterocycles. The molecular formula is C22H27N3O10. The molecule has 0 aromatic heterocycles. The van der Waals surface area contributed by atoms with Crippen LogP contribution in [0.15, 0.2) is 29.4 Å². The third-order valence-corrected chi connectivity index (χ3v) is 4.69. The Morgan fingerprint density at radius 2 is 1.46 bits per heavy atom. The molecule has 0 N–H and O–H groups in total. The Morgan fingerprint density at radius 1 is 0.886 bits per heavy atom. The van der Waals surface area contributed by atoms with Gasteiger partial charge < -0.3 is 28.4 Å². The van der Waals surface area contributed by atoms with E-state index in [9.17, 15) is 19.2 Å². The molecule has 1 fully saturated rings. The van der Waals surface area contributed by atoms with Crippen LogP contribution in [0.4, 0.5) is 0 Å². The molecule has 0 saturated carbocycles. The van der Waals surface area contributed by atoms with Crippen molar-refractivity contribution in [1.29, 1.82) is 0 Å². The molecule has 0 amide bonds. The lowest BCUT2D eigenvalue weighted by Crippen LogP contribution is -2.63. The number of esters is 4. The van der Waals surface area contributed by atoms with Crippen LogP contribution < -0.4 is 4.74 Å². The summed E-state index contributed by atoms with van der Waals surface area (Å²) < 4.78 is 32.8. The van der Waals surface area contributed by atoms with Crippen LogP contribution in [0.1, 0.15) is 33.3 Å². The van der Waals surface area contributed by atoms with Gasteiger partial charge in [-0.2, -0.15) is 0 Å². The normalized spacial score (nSPS) is 23.3. The number of carbonyl (C=O) groups is 4. The maximum atomic E-state index is 11.9. The first-order valence-corrected chi connectivity index (χ1v) is 10.7. The Balaban J connectivity index is 2.36. The van der Waals surface area contributed by atoms with Gasteiger partial charge in [-0.15, -0.1) is 0 Å². The molecule has 1 aromatic rings. The van der Waals surface area contributed by atoms with Gasteiger partial charge in [0.15, 0.2) is 12.2 Å². The zero-order valence-corrected chi connectivity index (χ0v) is 19.7. The van der Waals surface area contributed by atoms with E-state index >= 15 is 0 Å². The largest absolute Gasteiger partial charge is 0.463 e. The zero-order chi connectivity index (χ0) is 26.0. The van der Waals surface area contributed by atoms with Gasteiger partial charge in [-0.05, 0) is 29.6 Å². The molecule has 5 atom stereocenters. The minimum Gasteiger partial charge on any atom is -0.463 e. The molecule has 2 rings (SSSR count). The number of nitrogens with zero attached hydrogens (tertiary/aromatic N) is 3. The molecule has 1 aliphatic heterocycles. The molecule has 190 valence electrons. The Labute approximate surface area is 201 Å². The van der Waals surface area contributed by atoms with E-state index < -0.39 is 54.6 Å². The molecule has 1 aromatic carbocycles. The molecule has 3 unspecified atom stereocenters. The number of benzene rings is 1. The monoisotopic (exact) mass is 493 g/mol. The average Bonchev–Trinajstić information content (AvgIpc) is 2.77. The van der Waals surface area contributed by atoms with Crippen molar-refractivity contribution in [2.45, 2.75) is 64.8 Å². The fourth-order valence-electron chi connectivity index (χ4n) is 3.38. The van der Waals surface area contributed by atoms with E-state index in [2.05, 4.69) is 10.0 Å². The molecule has 0 aliphatic carbocycles. The highest BCUT2D eigenvalue weighted by Crippen LogP contribution is 2.31. The van der Waals surface area contributed by atoms with Crippen molar-refractivity contribution in [1.82, 2.24) is 0 Å². The number of hydrogen-bond donors (Lipinski definition) is 0. The Kier molecular flexibility index (Phi) is 10.3. The Morgan fingerprint density at radius 3 is 2.00 bits per heavy atom. The SMILES string of the molecule is CC(=O)OCC1O[C@H](Oc2ccc(CCN=[N+]=[N-])cc2)C(OC(C)=O)C(OC(C)=O)[C@@H]1OC(C)=O. The molecule has 0 radical (unpaired) electrons. The van der Waals surface area contributed by atoms with Crippen LogP contribution in [-0.4, -0.2) is 67.7 Å². The molecule has 35 heavy (non-hydrogen) atoms. The van der Waals surface area contributed by atoms with Crippen molar-refractivity contribution in [2.24, 2.45) is 5.11 Å². The van der Waals surface area contributed by atoms with Crippen molar-refractivity contribution in [3.05, 3.63) is 40.3 Å². The minimum absolute atomic E-state index is 0.288. The van der Waals surface area contributed by atoms with Crippen LogP contribution in [0.3, 0.4) is 0 Å². The summed E-state index contributed by atoms with van der Waals surface area (Å²) in [7, 11) is 0. The van der Waals surface area contributed by atoms with E-state index in [1.165, 1.54) is 6.92 Å². The highest BCUT2D eigenvalue weighted by atomic mass is 16.7. The predicted octanol–water partition coefficient (Wildman–Crippen LogP) is 2.00. The quantitative estimate of drug-likeness (QED) is 0.154. The van der Waals surface area contributed by atoms with Gasteiger partial charge in [-0.3, -0.25) is 19.2 Å². The number of hydrogen-bond acceptors (Lipinski definition) is 11. The topological polar surface area (TPSA) is 172 Å². The first-order chi connectivity index (χ1) is 16.6. The van der Waals surface area contributed by atoms with Crippen molar-refractivity contribution in [3.63, 3.8) is 0 Å². The fourth-order valence-corrected chi connectivity index (χ4v) is 3.38. The van der Waals surface area contributed by atoms with Crippen LogP contribution >= 0.6 is 0 Å². The summed E-state index contributed by atoms with van der Waals surface area (Å²) in [6.07, 6.45) is -5.80. The summed E-state index contributed by atoms with van der Waals surface area (Å²) in [4.78, 5) is 49.6. The van der Waals surface area contributed by atoms with E-state index in [-0.39, 0.29) is 13.2 Å². The summed E-state index contributed by atoms with van der Waals surface area (Å²) in [5.41, 5.74) is 9.27. The van der Waals surface area contributed by atoms with Gasteiger partial charge >= 0.3 is 23.9 Å². The highest BCUT2D eigenvalue weighted by molar-refractivity contribution is 5.68. The van der Waals surface area contributed by atoms with Crippen LogP contribution in [0.25, 0.3) is 10.4 Å². The van der Waals surface area contributed by atoms with Crippen LogP contribution in [0, 0.1) is 0 Å². The van der Waals surface area contributed by atoms with E-state index in [1.54, 1.807) is 24.3 Å². The number of azide groups is 1. The molecule has 13 heteroatoms. The fraction of sp³-hybridized carbons (Fsp3) is 0.545. The van der Waals surface area contributed by atoms with Gasteiger partial charge in [0.05, 0.1) is 0 Å². The number of carbonyl (C=O) groups excluding carboxylic acids is 4. The van der Waals surface area contributed by atoms with Gasteiger partial charge in [0.25, 0.3) is 0 Å². The second kappa shape index (κ2) is 13.2. The van der Waals surface area contributed by atoms with Crippen LogP contribution in [-0.2, 0) is 49.3 Å². The average molecular weight is 493 g/mol. The van der Waals surface area contributed by atoms with Gasteiger partial charge in [-0.25, -0.2) is 0 Å². The molecule has 13 nitrogen and oxygen atoms in total. The lowest BCUT2D eigenvalue weighted by Gasteiger charge is -2.43. The standard InChI is InChI=1S/C22H27N3O10/c1-12(26)30-11-18-19(31-13(2)27)20(32-14(3)28)21(33-15(4)29)22(35-18)34-17-7-5-16(6-8-17)9-10-24-25-23/h5-8,18-22H,9-11H2,1-4H3/t18?,19-,20?,21?,22+/m1/s1. The van der Waals surface area contributed by atoms with Crippen LogP contribution in [0.5, 0.6) is 5.75 Å². The lowest BCUT2D eigenvalue weighted by molar-refractivity contribution is -0.288. The van der Waals surface area contributed by atoms with Crippen molar-refractivity contribution in [3.8, 4) is 5.75 Å². The minimum atomic E-state index is -1.32. The number of rotatable bonds is 10. The molecule has 0 spiro atoms. The maximum absolute atomic E-state index is 11.9. The van der Waals surface area contributed by atoms with E-state index in [0.717, 1.165) is 26.3 Å². The predicted molar refractivity (Wildman–Crippen MR) is 117 cm³/mol. The first kappa shape index (κ1) is 27.4. The van der Waals surface area contributed by atoms with Crippen molar-refractivity contribution < 1.29 is 47.6 Å². The van der Waals surface area contributed by atoms with E-state index in [1.807, 2.05) is 0 Å². The van der Waals surface area contributed by atoms with Gasteiger partial charge in [0.2, 0.25) is 12.4 Å². The summed E-state index contributed by atoms with van der Waals surface area (Å²) in [5.74, 6) is -2.48. The van der Waals surface area contributed by atoms with Gasteiger partial charge in [-0.1, -0.05) is 17.2 Å². The second-order valence-corrected chi connectivity index (χ2v) is 7.53. The maximum Gasteiger partial charge on any atom is 0.303 e. The van der Waals surface area contributed by atoms with Gasteiger partial charge in [0, 0.05) is 39.2 Å². The summed E-state index contributed by atoms with van der Waals surface area (Å²) >= 11 is 0. The summed E-state index contributed by atoms with van der Waals surface area (Å²) in [6.45, 7) is 4.54. The Hall–Kier alpha value is -3.83. The molecule has 1 aliphatic rings. The first-order valence-electron chi connectivity index (χ1n) is 10.7. The third kappa shape index (κ3) is 8.80. The smallest absolute Gasteiger partial charge is 0.303 e. The van der Waals surface area contributed by atoms with Crippen molar-refractivity contribution in [2.75, 3.05) is 13.2 Å². The highest BCUT2D eigenvalue weighted by Gasteiger charge is 2.53. The second-order valence-electron chi connectivity index (χ2n) is 7.53. The molecular weight excluding hydrogens is 466 g/mol. The lowest BCUT2D eigenvalue weighted by atomic mass is 9.98. The van der Waals surface area contributed by atoms with Gasteiger partial charge in [0.1, 0.15) is 18.5 Å². The zero-order valence-electron chi connectivity index (χ0n) is 19.7. The molecule has 1 saturated heterocycles. The van der Waals surface area contributed by atoms with E-state index in [4.69, 9.17) is 34.0 Å². The van der Waals surface area contributed by atoms with Crippen LogP contribution in [0.2, 0.25) is 0 Å². The third-order valence-electron chi connectivity index (χ3n) is 4.69.